The van der Waals surface area contributed by atoms with Gasteiger partial charge in [-0.15, -0.1) is 0 Å². The fourth-order valence-electron chi connectivity index (χ4n) is 8.08. The molecule has 0 saturated carbocycles. The van der Waals surface area contributed by atoms with Gasteiger partial charge in [-0.05, 0) is 130 Å². The minimum Gasteiger partial charge on any atom is -0.444 e. The monoisotopic (exact) mass is 1040 g/mol. The second kappa shape index (κ2) is 22.5. The Morgan fingerprint density at radius 2 is 1.11 bits per heavy atom. The second-order valence-corrected chi connectivity index (χ2v) is 19.0. The van der Waals surface area contributed by atoms with Gasteiger partial charge in [-0.3, -0.25) is 34.2 Å². The molecular weight excluding hydrogens is 996 g/mol. The molecule has 0 atom stereocenters. The Morgan fingerprint density at radius 1 is 0.653 bits per heavy atom. The van der Waals surface area contributed by atoms with Crippen LogP contribution < -0.4 is 21.7 Å². The van der Waals surface area contributed by atoms with Crippen molar-refractivity contribution in [2.45, 2.75) is 80.2 Å². The maximum atomic E-state index is 13.1. The van der Waals surface area contributed by atoms with Gasteiger partial charge in [0.05, 0.1) is 56.4 Å². The number of carbonyl (C=O) groups excluding carboxylic acids is 3. The van der Waals surface area contributed by atoms with Gasteiger partial charge in [-0.1, -0.05) is 23.2 Å². The summed E-state index contributed by atoms with van der Waals surface area (Å²) in [7, 11) is 0. The molecular formula is C53H46Cl2N16O4. The molecule has 376 valence electrons. The number of amides is 3. The Kier molecular flexibility index (Phi) is 16.0. The summed E-state index contributed by atoms with van der Waals surface area (Å²) in [5.41, 5.74) is 13.4. The number of fused-ring (bicyclic) bond motifs is 2. The summed E-state index contributed by atoms with van der Waals surface area (Å²) in [6.45, 7) is 13.5. The fraction of sp³-hybridized carbons (Fsp3) is 0.226. The molecule has 8 rings (SSSR count). The molecule has 0 aliphatic carbocycles. The first-order chi connectivity index (χ1) is 35.6. The number of benzene rings is 2. The smallest absolute Gasteiger partial charge is 0.413 e. The summed E-state index contributed by atoms with van der Waals surface area (Å²) in [4.78, 5) is 55.1. The molecule has 0 saturated heterocycles. The van der Waals surface area contributed by atoms with Gasteiger partial charge in [0.25, 0.3) is 11.8 Å². The summed E-state index contributed by atoms with van der Waals surface area (Å²) < 4.78 is 8.24. The predicted molar refractivity (Wildman–Crippen MR) is 279 cm³/mol. The Hall–Kier alpha value is -9.47. The summed E-state index contributed by atoms with van der Waals surface area (Å²) in [5, 5.41) is 57.3. The summed E-state index contributed by atoms with van der Waals surface area (Å²) >= 11 is 12.1. The molecule has 0 fully saturated rings. The normalized spacial score (nSPS) is 10.8. The van der Waals surface area contributed by atoms with Gasteiger partial charge in [-0.25, -0.2) is 14.8 Å². The van der Waals surface area contributed by atoms with E-state index in [1.165, 1.54) is 34.2 Å². The molecule has 6 aromatic heterocycles. The highest BCUT2D eigenvalue weighted by Gasteiger charge is 2.21. The molecule has 0 aliphatic heterocycles. The molecule has 0 spiro atoms. The third-order valence-electron chi connectivity index (χ3n) is 11.4. The summed E-state index contributed by atoms with van der Waals surface area (Å²) in [6, 6.07) is 22.2. The van der Waals surface area contributed by atoms with E-state index in [1.54, 1.807) is 64.1 Å². The summed E-state index contributed by atoms with van der Waals surface area (Å²) in [6.07, 6.45) is 5.37. The highest BCUT2D eigenvalue weighted by atomic mass is 35.5. The molecule has 5 N–H and O–H groups in total. The van der Waals surface area contributed by atoms with E-state index >= 15 is 0 Å². The largest absolute Gasteiger partial charge is 0.444 e. The number of nitriles is 4. The van der Waals surface area contributed by atoms with Gasteiger partial charge in [-0.2, -0.15) is 31.2 Å². The predicted octanol–water partition coefficient (Wildman–Crippen LogP) is 8.57. The Balaban J connectivity index is 0.000000222. The molecule has 2 aromatic carbocycles. The Bertz CT molecular complexity index is 3730. The number of nitrogen functional groups attached to an aromatic ring is 1. The quantitative estimate of drug-likeness (QED) is 0.0943. The van der Waals surface area contributed by atoms with E-state index in [4.69, 9.17) is 33.7 Å². The maximum absolute atomic E-state index is 13.1. The molecule has 0 radical (unpaired) electrons. The number of nitrogens with two attached hydrogens (primary N) is 1. The zero-order valence-corrected chi connectivity index (χ0v) is 43.1. The minimum atomic E-state index is -0.644. The van der Waals surface area contributed by atoms with E-state index in [9.17, 15) is 35.4 Å². The number of carbonyl (C=O) groups is 3. The van der Waals surface area contributed by atoms with Crippen molar-refractivity contribution in [1.29, 1.82) is 21.0 Å². The van der Waals surface area contributed by atoms with Crippen LogP contribution in [0.4, 0.5) is 16.4 Å². The lowest BCUT2D eigenvalue weighted by Crippen LogP contribution is -2.28. The molecule has 3 amide bonds. The van der Waals surface area contributed by atoms with Gasteiger partial charge in [0.2, 0.25) is 0 Å². The van der Waals surface area contributed by atoms with Crippen LogP contribution in [0.1, 0.15) is 109 Å². The number of halogens is 2. The van der Waals surface area contributed by atoms with E-state index in [0.29, 0.717) is 54.9 Å². The number of ether oxygens (including phenoxy) is 1. The van der Waals surface area contributed by atoms with Gasteiger partial charge in [0.1, 0.15) is 41.5 Å². The van der Waals surface area contributed by atoms with Crippen molar-refractivity contribution in [3.63, 3.8) is 0 Å². The maximum Gasteiger partial charge on any atom is 0.413 e. The van der Waals surface area contributed by atoms with Crippen LogP contribution >= 0.6 is 23.2 Å². The van der Waals surface area contributed by atoms with Crippen LogP contribution in [0.25, 0.3) is 21.8 Å². The van der Waals surface area contributed by atoms with Crippen molar-refractivity contribution < 1.29 is 19.1 Å². The lowest BCUT2D eigenvalue weighted by Gasteiger charge is -2.20. The van der Waals surface area contributed by atoms with E-state index < -0.39 is 23.5 Å². The molecule has 8 aromatic rings. The lowest BCUT2D eigenvalue weighted by atomic mass is 10.1. The van der Waals surface area contributed by atoms with Gasteiger partial charge >= 0.3 is 6.09 Å². The van der Waals surface area contributed by atoms with Crippen LogP contribution in [0, 0.1) is 73.0 Å². The lowest BCUT2D eigenvalue weighted by molar-refractivity contribution is 0.0634. The SMILES string of the molecule is Cc1cc(N)nc(C)c1CNC(=O)c1cn(Cc2cc(C#N)c3ncc(Cl)cc3c2)nc1C#N.Cc1cc(NC(=O)OC(C)(C)C)nc(C)c1CNC(=O)c1cn(Cc2cc(C#N)c3ncc(Cl)cc3c2)nc1C#N. The Morgan fingerprint density at radius 3 is 1.52 bits per heavy atom. The number of aryl methyl sites for hydroxylation is 4. The molecule has 20 nitrogen and oxygen atoms in total. The van der Waals surface area contributed by atoms with Crippen LogP contribution in [0.2, 0.25) is 10.0 Å². The highest BCUT2D eigenvalue weighted by Crippen LogP contribution is 2.25. The zero-order valence-electron chi connectivity index (χ0n) is 41.6. The van der Waals surface area contributed by atoms with E-state index in [1.807, 2.05) is 45.0 Å². The number of rotatable bonds is 11. The van der Waals surface area contributed by atoms with Gasteiger partial charge in [0, 0.05) is 60.0 Å². The average Bonchev–Trinajstić information content (AvgIpc) is 3.95. The number of pyridine rings is 4. The van der Waals surface area contributed by atoms with Crippen molar-refractivity contribution in [3.8, 4) is 24.3 Å². The third kappa shape index (κ3) is 13.0. The number of aromatic nitrogens is 8. The van der Waals surface area contributed by atoms with Crippen LogP contribution in [0.3, 0.4) is 0 Å². The van der Waals surface area contributed by atoms with Crippen molar-refractivity contribution in [2.75, 3.05) is 11.1 Å². The van der Waals surface area contributed by atoms with Gasteiger partial charge in [0.15, 0.2) is 11.4 Å². The van der Waals surface area contributed by atoms with Gasteiger partial charge < -0.3 is 21.1 Å². The van der Waals surface area contributed by atoms with Crippen LogP contribution in [-0.2, 0) is 30.9 Å². The average molecular weight is 1040 g/mol. The fourth-order valence-corrected chi connectivity index (χ4v) is 8.41. The number of nitrogens with one attached hydrogen (secondary N) is 3. The van der Waals surface area contributed by atoms with Crippen molar-refractivity contribution in [3.05, 3.63) is 162 Å². The van der Waals surface area contributed by atoms with Crippen molar-refractivity contribution >= 4 is 74.6 Å². The number of anilines is 2. The van der Waals surface area contributed by atoms with E-state index in [2.05, 4.69) is 58.2 Å². The molecule has 0 unspecified atom stereocenters. The number of hydrogen-bond donors (Lipinski definition) is 4. The standard InChI is InChI=1S/C29H27ClN8O3.C24H19ClN8O/c1-16-6-25(36-28(40)41-29(3,4)5)35-17(2)22(16)13-34-27(39)23-15-38(37-24(23)11-32)14-18-7-19-9-21(30)12-33-26(19)20(8-18)10-31;1-13-3-22(28)31-14(2)19(13)10-30-24(34)20-12-33(32-21(20)8-27)11-15-4-16-6-18(25)9-29-23(16)17(5-15)7-26/h6-9,12,15H,13-14H2,1-5H3,(H,34,39)(H,35,36,40);3-6,9,12H,10-11H2,1-2H3,(H2,28,31)(H,30,34). The first kappa shape index (κ1) is 53.3. The summed E-state index contributed by atoms with van der Waals surface area (Å²) in [5.74, 6) is -0.145. The van der Waals surface area contributed by atoms with Crippen LogP contribution in [0.5, 0.6) is 0 Å². The van der Waals surface area contributed by atoms with E-state index in [-0.39, 0.29) is 48.7 Å². The van der Waals surface area contributed by atoms with Crippen LogP contribution in [0.15, 0.2) is 73.3 Å². The van der Waals surface area contributed by atoms with Crippen molar-refractivity contribution in [2.24, 2.45) is 0 Å². The number of nitrogens with zero attached hydrogens (tertiary/aromatic N) is 12. The first-order valence-electron chi connectivity index (χ1n) is 22.8. The first-order valence-corrected chi connectivity index (χ1v) is 23.6. The minimum absolute atomic E-state index is 0.00684. The molecule has 22 heteroatoms. The molecule has 75 heavy (non-hydrogen) atoms. The molecule has 6 heterocycles. The highest BCUT2D eigenvalue weighted by molar-refractivity contribution is 6.31. The van der Waals surface area contributed by atoms with Crippen molar-refractivity contribution in [1.82, 2.24) is 50.1 Å². The topological polar surface area (TPSA) is 305 Å². The third-order valence-corrected chi connectivity index (χ3v) is 11.8. The molecule has 0 bridgehead atoms. The Labute approximate surface area is 440 Å². The zero-order chi connectivity index (χ0) is 54.3. The second-order valence-electron chi connectivity index (χ2n) is 18.2. The van der Waals surface area contributed by atoms with E-state index in [0.717, 1.165) is 44.5 Å². The molecule has 0 aliphatic rings. The van der Waals surface area contributed by atoms with Crippen LogP contribution in [-0.4, -0.2) is 63.0 Å². The number of hydrogen-bond acceptors (Lipinski definition) is 15.